The van der Waals surface area contributed by atoms with Crippen LogP contribution in [-0.4, -0.2) is 27.7 Å². The number of sulfonamides is 1. The van der Waals surface area contributed by atoms with Gasteiger partial charge in [-0.1, -0.05) is 6.92 Å². The van der Waals surface area contributed by atoms with Crippen LogP contribution >= 0.6 is 0 Å². The standard InChI is InChI=1S/C13H19N5O2S/c1-2-8-17-9-12(14-10-17)16-21(19,20)13-6-7-15-18(13)11-4-3-5-11/h6-7,9-11,16H,2-5,8H2,1H3. The molecule has 0 aliphatic heterocycles. The Hall–Kier alpha value is -1.83. The average Bonchev–Trinajstić information content (AvgIpc) is 2.97. The molecule has 1 fully saturated rings. The second kappa shape index (κ2) is 5.51. The molecule has 0 amide bonds. The summed E-state index contributed by atoms with van der Waals surface area (Å²) in [5, 5.41) is 4.36. The molecule has 0 aromatic carbocycles. The maximum absolute atomic E-state index is 12.5. The number of anilines is 1. The van der Waals surface area contributed by atoms with Crippen molar-refractivity contribution in [3.63, 3.8) is 0 Å². The van der Waals surface area contributed by atoms with Gasteiger partial charge in [0.25, 0.3) is 10.0 Å². The summed E-state index contributed by atoms with van der Waals surface area (Å²) in [7, 11) is -3.65. The van der Waals surface area contributed by atoms with Gasteiger partial charge in [0, 0.05) is 12.7 Å². The van der Waals surface area contributed by atoms with Crippen molar-refractivity contribution in [3.8, 4) is 0 Å². The number of nitrogens with one attached hydrogen (secondary N) is 1. The van der Waals surface area contributed by atoms with Crippen molar-refractivity contribution >= 4 is 15.8 Å². The molecule has 0 unspecified atom stereocenters. The van der Waals surface area contributed by atoms with Crippen LogP contribution in [0.5, 0.6) is 0 Å². The Bertz CT molecular complexity index is 715. The van der Waals surface area contributed by atoms with Gasteiger partial charge >= 0.3 is 0 Å². The van der Waals surface area contributed by atoms with Crippen LogP contribution < -0.4 is 4.72 Å². The predicted octanol–water partition coefficient (Wildman–Crippen LogP) is 2.02. The fourth-order valence-corrected chi connectivity index (χ4v) is 3.57. The highest BCUT2D eigenvalue weighted by Gasteiger charge is 2.28. The second-order valence-electron chi connectivity index (χ2n) is 5.30. The maximum Gasteiger partial charge on any atom is 0.280 e. The predicted molar refractivity (Wildman–Crippen MR) is 78.4 cm³/mol. The van der Waals surface area contributed by atoms with Gasteiger partial charge in [0.05, 0.1) is 18.6 Å². The van der Waals surface area contributed by atoms with E-state index in [1.54, 1.807) is 17.2 Å². The Balaban J connectivity index is 1.81. The van der Waals surface area contributed by atoms with Crippen molar-refractivity contribution in [1.29, 1.82) is 0 Å². The first-order valence-corrected chi connectivity index (χ1v) is 8.66. The zero-order valence-electron chi connectivity index (χ0n) is 11.9. The van der Waals surface area contributed by atoms with Gasteiger partial charge in [-0.05, 0) is 31.7 Å². The highest BCUT2D eigenvalue weighted by Crippen LogP contribution is 2.33. The second-order valence-corrected chi connectivity index (χ2v) is 6.93. The molecule has 2 aromatic heterocycles. The molecule has 0 atom stereocenters. The van der Waals surface area contributed by atoms with Gasteiger partial charge in [-0.15, -0.1) is 0 Å². The molecule has 8 heteroatoms. The van der Waals surface area contributed by atoms with Crippen molar-refractivity contribution in [2.45, 2.75) is 50.2 Å². The highest BCUT2D eigenvalue weighted by molar-refractivity contribution is 7.92. The molecular weight excluding hydrogens is 290 g/mol. The normalized spacial score (nSPS) is 15.9. The van der Waals surface area contributed by atoms with Crippen LogP contribution in [0.3, 0.4) is 0 Å². The summed E-state index contributed by atoms with van der Waals surface area (Å²) < 4.78 is 30.9. The van der Waals surface area contributed by atoms with Gasteiger partial charge in [0.2, 0.25) is 0 Å². The van der Waals surface area contributed by atoms with Crippen LogP contribution in [0, 0.1) is 0 Å². The molecule has 1 aliphatic rings. The molecule has 0 bridgehead atoms. The SMILES string of the molecule is CCCn1cnc(NS(=O)(=O)c2ccnn2C2CCC2)c1. The number of aromatic nitrogens is 4. The van der Waals surface area contributed by atoms with E-state index in [9.17, 15) is 8.42 Å². The fraction of sp³-hybridized carbons (Fsp3) is 0.538. The van der Waals surface area contributed by atoms with E-state index < -0.39 is 10.0 Å². The Morgan fingerprint density at radius 3 is 2.90 bits per heavy atom. The van der Waals surface area contributed by atoms with E-state index in [0.29, 0.717) is 5.82 Å². The van der Waals surface area contributed by atoms with E-state index in [1.807, 2.05) is 4.57 Å². The van der Waals surface area contributed by atoms with E-state index in [2.05, 4.69) is 21.7 Å². The minimum atomic E-state index is -3.65. The van der Waals surface area contributed by atoms with Crippen molar-refractivity contribution in [3.05, 3.63) is 24.8 Å². The van der Waals surface area contributed by atoms with Crippen molar-refractivity contribution in [1.82, 2.24) is 19.3 Å². The van der Waals surface area contributed by atoms with Crippen LogP contribution in [0.1, 0.15) is 38.6 Å². The number of aryl methyl sites for hydroxylation is 1. The lowest BCUT2D eigenvalue weighted by atomic mass is 9.93. The summed E-state index contributed by atoms with van der Waals surface area (Å²) in [4.78, 5) is 4.08. The topological polar surface area (TPSA) is 81.8 Å². The molecule has 1 N–H and O–H groups in total. The summed E-state index contributed by atoms with van der Waals surface area (Å²) in [6, 6.07) is 1.73. The molecule has 1 saturated carbocycles. The molecule has 0 radical (unpaired) electrons. The molecule has 0 spiro atoms. The van der Waals surface area contributed by atoms with Gasteiger partial charge in [0.1, 0.15) is 0 Å². The summed E-state index contributed by atoms with van der Waals surface area (Å²) in [6.07, 6.45) is 8.92. The van der Waals surface area contributed by atoms with Crippen LogP contribution in [0.15, 0.2) is 29.8 Å². The molecule has 3 rings (SSSR count). The van der Waals surface area contributed by atoms with E-state index in [-0.39, 0.29) is 11.1 Å². The number of hydrogen-bond donors (Lipinski definition) is 1. The zero-order valence-corrected chi connectivity index (χ0v) is 12.8. The van der Waals surface area contributed by atoms with Crippen LogP contribution in [0.25, 0.3) is 0 Å². The number of hydrogen-bond acceptors (Lipinski definition) is 4. The molecule has 2 aromatic rings. The highest BCUT2D eigenvalue weighted by atomic mass is 32.2. The number of nitrogens with zero attached hydrogens (tertiary/aromatic N) is 4. The zero-order chi connectivity index (χ0) is 14.9. The van der Waals surface area contributed by atoms with Gasteiger partial charge in [-0.2, -0.15) is 13.5 Å². The molecule has 21 heavy (non-hydrogen) atoms. The summed E-state index contributed by atoms with van der Waals surface area (Å²) in [5.41, 5.74) is 0. The Morgan fingerprint density at radius 2 is 2.24 bits per heavy atom. The largest absolute Gasteiger partial charge is 0.335 e. The van der Waals surface area contributed by atoms with Crippen molar-refractivity contribution in [2.24, 2.45) is 0 Å². The first kappa shape index (κ1) is 14.1. The molecule has 1 aliphatic carbocycles. The van der Waals surface area contributed by atoms with Gasteiger partial charge < -0.3 is 4.57 Å². The Labute approximate surface area is 124 Å². The smallest absolute Gasteiger partial charge is 0.280 e. The van der Waals surface area contributed by atoms with Crippen LogP contribution in [-0.2, 0) is 16.6 Å². The lowest BCUT2D eigenvalue weighted by Gasteiger charge is -2.27. The molecule has 2 heterocycles. The van der Waals surface area contributed by atoms with Gasteiger partial charge in [-0.25, -0.2) is 9.67 Å². The lowest BCUT2D eigenvalue weighted by Crippen LogP contribution is -2.24. The minimum Gasteiger partial charge on any atom is -0.335 e. The third kappa shape index (κ3) is 2.80. The van der Waals surface area contributed by atoms with Crippen LogP contribution in [0.2, 0.25) is 0 Å². The summed E-state index contributed by atoms with van der Waals surface area (Å²) >= 11 is 0. The first-order valence-electron chi connectivity index (χ1n) is 7.18. The fourth-order valence-electron chi connectivity index (χ4n) is 2.40. The quantitative estimate of drug-likeness (QED) is 0.885. The molecule has 7 nitrogen and oxygen atoms in total. The van der Waals surface area contributed by atoms with Gasteiger partial charge in [-0.3, -0.25) is 4.72 Å². The number of imidazole rings is 1. The summed E-state index contributed by atoms with van der Waals surface area (Å²) in [5.74, 6) is 0.338. The van der Waals surface area contributed by atoms with Crippen molar-refractivity contribution < 1.29 is 8.42 Å². The summed E-state index contributed by atoms with van der Waals surface area (Å²) in [6.45, 7) is 2.87. The maximum atomic E-state index is 12.5. The van der Waals surface area contributed by atoms with E-state index in [1.165, 1.54) is 12.3 Å². The minimum absolute atomic E-state index is 0.198. The van der Waals surface area contributed by atoms with E-state index in [0.717, 1.165) is 32.2 Å². The average molecular weight is 309 g/mol. The van der Waals surface area contributed by atoms with Crippen LogP contribution in [0.4, 0.5) is 5.82 Å². The third-order valence-corrected chi connectivity index (χ3v) is 5.04. The van der Waals surface area contributed by atoms with Crippen molar-refractivity contribution in [2.75, 3.05) is 4.72 Å². The monoisotopic (exact) mass is 309 g/mol. The molecule has 114 valence electrons. The van der Waals surface area contributed by atoms with Gasteiger partial charge in [0.15, 0.2) is 10.8 Å². The third-order valence-electron chi connectivity index (χ3n) is 3.68. The first-order chi connectivity index (χ1) is 10.1. The Kier molecular flexibility index (Phi) is 3.71. The molecule has 0 saturated heterocycles. The lowest BCUT2D eigenvalue weighted by molar-refractivity contribution is 0.271. The number of rotatable bonds is 6. The Morgan fingerprint density at radius 1 is 1.43 bits per heavy atom. The molecular formula is C13H19N5O2S. The van der Waals surface area contributed by atoms with E-state index >= 15 is 0 Å². The van der Waals surface area contributed by atoms with E-state index in [4.69, 9.17) is 0 Å².